The molecule has 3 aliphatic heterocycles. The average Bonchev–Trinajstić information content (AvgIpc) is 3.18. The lowest BCUT2D eigenvalue weighted by Gasteiger charge is -2.50. The molecule has 4 rings (SSSR count). The summed E-state index contributed by atoms with van der Waals surface area (Å²) in [4.78, 5) is 17.8. The highest BCUT2D eigenvalue weighted by molar-refractivity contribution is 6.31. The Morgan fingerprint density at radius 2 is 2.08 bits per heavy atom. The Balaban J connectivity index is 1.52. The number of benzene rings is 1. The van der Waals surface area contributed by atoms with Gasteiger partial charge in [0.2, 0.25) is 5.91 Å². The predicted molar refractivity (Wildman–Crippen MR) is 103 cm³/mol. The largest absolute Gasteiger partial charge is 0.378 e. The molecule has 6 heteroatoms. The number of nitrogens with zero attached hydrogens (tertiary/aromatic N) is 2. The van der Waals surface area contributed by atoms with Gasteiger partial charge < -0.3 is 15.0 Å². The summed E-state index contributed by atoms with van der Waals surface area (Å²) in [6.45, 7) is 7.23. The van der Waals surface area contributed by atoms with Gasteiger partial charge in [-0.3, -0.25) is 9.69 Å². The standard InChI is InChI=1S/C20H28ClN3O2/c1-14-4-5-15(10-16(14)21)11-19(25)24-9-6-22-17-12-26-13-18(20(17)24)23-7-2-3-8-23/h4-5,10,17-18,20,22H,2-3,6-9,11-13H2,1H3/t17?,18-,20-/m0/s1. The molecule has 0 spiro atoms. The minimum absolute atomic E-state index is 0.198. The number of likely N-dealkylation sites (tertiary alicyclic amines) is 1. The minimum Gasteiger partial charge on any atom is -0.378 e. The van der Waals surface area contributed by atoms with Crippen molar-refractivity contribution in [3.63, 3.8) is 0 Å². The van der Waals surface area contributed by atoms with Gasteiger partial charge in [-0.25, -0.2) is 0 Å². The molecule has 0 saturated carbocycles. The second-order valence-corrected chi connectivity index (χ2v) is 8.15. The minimum atomic E-state index is 0.198. The number of hydrogen-bond acceptors (Lipinski definition) is 4. The monoisotopic (exact) mass is 377 g/mol. The number of piperazine rings is 1. The number of fused-ring (bicyclic) bond motifs is 1. The van der Waals surface area contributed by atoms with Crippen molar-refractivity contribution in [3.05, 3.63) is 34.3 Å². The van der Waals surface area contributed by atoms with E-state index in [1.807, 2.05) is 25.1 Å². The topological polar surface area (TPSA) is 44.8 Å². The second-order valence-electron chi connectivity index (χ2n) is 7.75. The maximum Gasteiger partial charge on any atom is 0.227 e. The second kappa shape index (κ2) is 7.85. The Kier molecular flexibility index (Phi) is 5.50. The number of ether oxygens (including phenoxy) is 1. The van der Waals surface area contributed by atoms with Crippen LogP contribution in [0.25, 0.3) is 0 Å². The molecular formula is C20H28ClN3O2. The van der Waals surface area contributed by atoms with Gasteiger partial charge in [0.25, 0.3) is 0 Å². The lowest BCUT2D eigenvalue weighted by molar-refractivity contribution is -0.142. The van der Waals surface area contributed by atoms with Crippen molar-refractivity contribution in [2.45, 2.75) is 44.3 Å². The molecule has 142 valence electrons. The molecule has 0 aromatic heterocycles. The van der Waals surface area contributed by atoms with E-state index in [1.54, 1.807) is 0 Å². The van der Waals surface area contributed by atoms with Crippen LogP contribution in [-0.4, -0.2) is 73.2 Å². The summed E-state index contributed by atoms with van der Waals surface area (Å²) in [5.74, 6) is 0.201. The van der Waals surface area contributed by atoms with Crippen molar-refractivity contribution in [2.24, 2.45) is 0 Å². The van der Waals surface area contributed by atoms with Crippen LogP contribution in [0.4, 0.5) is 0 Å². The van der Waals surface area contributed by atoms with E-state index in [4.69, 9.17) is 16.3 Å². The fraction of sp³-hybridized carbons (Fsp3) is 0.650. The molecule has 0 bridgehead atoms. The summed E-state index contributed by atoms with van der Waals surface area (Å²) < 4.78 is 5.88. The third kappa shape index (κ3) is 3.63. The van der Waals surface area contributed by atoms with Crippen molar-refractivity contribution in [1.29, 1.82) is 0 Å². The van der Waals surface area contributed by atoms with Crippen molar-refractivity contribution < 1.29 is 9.53 Å². The van der Waals surface area contributed by atoms with Gasteiger partial charge in [0.1, 0.15) is 0 Å². The van der Waals surface area contributed by atoms with E-state index in [2.05, 4.69) is 15.1 Å². The summed E-state index contributed by atoms with van der Waals surface area (Å²) in [6.07, 6.45) is 2.91. The van der Waals surface area contributed by atoms with E-state index in [-0.39, 0.29) is 18.0 Å². The van der Waals surface area contributed by atoms with Crippen LogP contribution in [0.2, 0.25) is 5.02 Å². The van der Waals surface area contributed by atoms with E-state index in [9.17, 15) is 4.79 Å². The summed E-state index contributed by atoms with van der Waals surface area (Å²) in [5, 5.41) is 4.30. The number of aryl methyl sites for hydroxylation is 1. The number of hydrogen-bond donors (Lipinski definition) is 1. The van der Waals surface area contributed by atoms with Crippen LogP contribution in [0.5, 0.6) is 0 Å². The third-order valence-corrected chi connectivity index (χ3v) is 6.44. The van der Waals surface area contributed by atoms with E-state index in [0.717, 1.165) is 48.9 Å². The molecule has 1 aromatic carbocycles. The van der Waals surface area contributed by atoms with Gasteiger partial charge in [-0.2, -0.15) is 0 Å². The molecule has 0 radical (unpaired) electrons. The average molecular weight is 378 g/mol. The zero-order valence-corrected chi connectivity index (χ0v) is 16.2. The number of halogens is 1. The molecule has 0 aliphatic carbocycles. The summed E-state index contributed by atoms with van der Waals surface area (Å²) in [6, 6.07) is 6.66. The van der Waals surface area contributed by atoms with Crippen LogP contribution in [-0.2, 0) is 16.0 Å². The highest BCUT2D eigenvalue weighted by Crippen LogP contribution is 2.26. The van der Waals surface area contributed by atoms with Crippen LogP contribution in [0.15, 0.2) is 18.2 Å². The van der Waals surface area contributed by atoms with Gasteiger partial charge in [-0.1, -0.05) is 23.7 Å². The summed E-state index contributed by atoms with van der Waals surface area (Å²) in [7, 11) is 0. The lowest BCUT2D eigenvalue weighted by atomic mass is 9.92. The summed E-state index contributed by atoms with van der Waals surface area (Å²) >= 11 is 6.24. The van der Waals surface area contributed by atoms with Crippen molar-refractivity contribution in [3.8, 4) is 0 Å². The first kappa shape index (κ1) is 18.2. The molecular weight excluding hydrogens is 350 g/mol. The van der Waals surface area contributed by atoms with Gasteiger partial charge >= 0.3 is 0 Å². The maximum absolute atomic E-state index is 13.2. The zero-order chi connectivity index (χ0) is 18.1. The molecule has 1 amide bonds. The fourth-order valence-corrected chi connectivity index (χ4v) is 4.82. The number of carbonyl (C=O) groups is 1. The first-order valence-corrected chi connectivity index (χ1v) is 10.1. The number of amides is 1. The number of carbonyl (C=O) groups excluding carboxylic acids is 1. The molecule has 1 unspecified atom stereocenters. The Bertz CT molecular complexity index is 660. The molecule has 3 heterocycles. The van der Waals surface area contributed by atoms with E-state index >= 15 is 0 Å². The highest BCUT2D eigenvalue weighted by atomic mass is 35.5. The smallest absolute Gasteiger partial charge is 0.227 e. The molecule has 1 N–H and O–H groups in total. The van der Waals surface area contributed by atoms with Crippen molar-refractivity contribution in [1.82, 2.24) is 15.1 Å². The SMILES string of the molecule is Cc1ccc(CC(=O)N2CCNC3COC[C@H](N4CCCC4)[C@H]32)cc1Cl. The molecule has 1 aromatic rings. The normalized spacial score (nSPS) is 29.6. The van der Waals surface area contributed by atoms with Gasteiger partial charge in [0.15, 0.2) is 0 Å². The van der Waals surface area contributed by atoms with Gasteiger partial charge in [-0.15, -0.1) is 0 Å². The van der Waals surface area contributed by atoms with Gasteiger partial charge in [0.05, 0.1) is 37.8 Å². The molecule has 3 atom stereocenters. The highest BCUT2D eigenvalue weighted by Gasteiger charge is 2.44. The van der Waals surface area contributed by atoms with E-state index < -0.39 is 0 Å². The Hall–Kier alpha value is -1.14. The van der Waals surface area contributed by atoms with Crippen molar-refractivity contribution in [2.75, 3.05) is 39.4 Å². The quantitative estimate of drug-likeness (QED) is 0.873. The molecule has 3 fully saturated rings. The van der Waals surface area contributed by atoms with Gasteiger partial charge in [0, 0.05) is 18.1 Å². The van der Waals surface area contributed by atoms with Crippen LogP contribution >= 0.6 is 11.6 Å². The van der Waals surface area contributed by atoms with Crippen LogP contribution in [0, 0.1) is 6.92 Å². The first-order valence-electron chi connectivity index (χ1n) is 9.73. The predicted octanol–water partition coefficient (Wildman–Crippen LogP) is 1.85. The molecule has 26 heavy (non-hydrogen) atoms. The zero-order valence-electron chi connectivity index (χ0n) is 15.4. The van der Waals surface area contributed by atoms with Crippen molar-refractivity contribution >= 4 is 17.5 Å². The molecule has 3 aliphatic rings. The maximum atomic E-state index is 13.2. The van der Waals surface area contributed by atoms with E-state index in [1.165, 1.54) is 12.8 Å². The van der Waals surface area contributed by atoms with Crippen LogP contribution in [0.3, 0.4) is 0 Å². The Labute approximate surface area is 160 Å². The lowest BCUT2D eigenvalue weighted by Crippen LogP contribution is -2.70. The van der Waals surface area contributed by atoms with E-state index in [0.29, 0.717) is 19.1 Å². The number of nitrogens with one attached hydrogen (secondary N) is 1. The third-order valence-electron chi connectivity index (χ3n) is 6.03. The summed E-state index contributed by atoms with van der Waals surface area (Å²) in [5.41, 5.74) is 2.04. The van der Waals surface area contributed by atoms with Crippen LogP contribution < -0.4 is 5.32 Å². The molecule has 3 saturated heterocycles. The number of rotatable bonds is 3. The fourth-order valence-electron chi connectivity index (χ4n) is 4.61. The first-order chi connectivity index (χ1) is 12.6. The Morgan fingerprint density at radius 3 is 2.85 bits per heavy atom. The van der Waals surface area contributed by atoms with Crippen LogP contribution in [0.1, 0.15) is 24.0 Å². The van der Waals surface area contributed by atoms with Gasteiger partial charge in [-0.05, 0) is 50.0 Å². The molecule has 5 nitrogen and oxygen atoms in total. The Morgan fingerprint density at radius 1 is 1.27 bits per heavy atom.